The molecule has 0 aromatic heterocycles. The minimum atomic E-state index is -4.73. The number of aliphatic hydroxyl groups excluding tert-OH is 1. The molecule has 0 amide bonds. The summed E-state index contributed by atoms with van der Waals surface area (Å²) in [5.74, 6) is -1.32. The van der Waals surface area contributed by atoms with Gasteiger partial charge in [0.05, 0.1) is 18.2 Å². The fourth-order valence-electron chi connectivity index (χ4n) is 1.34. The van der Waals surface area contributed by atoms with Crippen LogP contribution in [0.4, 0.5) is 17.6 Å². The Bertz CT molecular complexity index is 360. The summed E-state index contributed by atoms with van der Waals surface area (Å²) in [5, 5.41) is 11.5. The molecule has 2 N–H and O–H groups in total. The zero-order valence-electron chi connectivity index (χ0n) is 8.48. The van der Waals surface area contributed by atoms with E-state index in [1.807, 2.05) is 0 Å². The molecule has 0 radical (unpaired) electrons. The predicted octanol–water partition coefficient (Wildman–Crippen LogP) is 2.10. The highest BCUT2D eigenvalue weighted by Crippen LogP contribution is 2.32. The van der Waals surface area contributed by atoms with Gasteiger partial charge in [-0.3, -0.25) is 0 Å². The Kier molecular flexibility index (Phi) is 3.88. The van der Waals surface area contributed by atoms with Gasteiger partial charge in [-0.2, -0.15) is 13.2 Å². The van der Waals surface area contributed by atoms with Gasteiger partial charge in [-0.05, 0) is 24.7 Å². The molecular formula is C10H11F4NO. The van der Waals surface area contributed by atoms with Crippen LogP contribution < -0.4 is 5.32 Å². The third-order valence-electron chi connectivity index (χ3n) is 2.23. The number of benzene rings is 1. The van der Waals surface area contributed by atoms with Gasteiger partial charge in [0.2, 0.25) is 0 Å². The van der Waals surface area contributed by atoms with E-state index in [1.165, 1.54) is 13.1 Å². The Balaban J connectivity index is 3.17. The molecule has 16 heavy (non-hydrogen) atoms. The van der Waals surface area contributed by atoms with Crippen LogP contribution in [0.25, 0.3) is 0 Å². The highest BCUT2D eigenvalue weighted by molar-refractivity contribution is 5.29. The molecule has 1 aromatic carbocycles. The van der Waals surface area contributed by atoms with E-state index in [1.54, 1.807) is 0 Å². The first kappa shape index (κ1) is 12.9. The van der Waals surface area contributed by atoms with Crippen LogP contribution in [0.2, 0.25) is 0 Å². The molecule has 2 nitrogen and oxygen atoms in total. The SMILES string of the molecule is CN[C@@H](CO)c1ccc(F)c(C(F)(F)F)c1. The summed E-state index contributed by atoms with van der Waals surface area (Å²) in [5.41, 5.74) is -1.13. The van der Waals surface area contributed by atoms with Crippen LogP contribution >= 0.6 is 0 Å². The summed E-state index contributed by atoms with van der Waals surface area (Å²) in [7, 11) is 1.50. The molecule has 1 rings (SSSR count). The summed E-state index contributed by atoms with van der Waals surface area (Å²) < 4.78 is 50.1. The van der Waals surface area contributed by atoms with Crippen molar-refractivity contribution < 1.29 is 22.7 Å². The minimum absolute atomic E-state index is 0.193. The topological polar surface area (TPSA) is 32.3 Å². The molecule has 6 heteroatoms. The first-order valence-electron chi connectivity index (χ1n) is 4.55. The number of hydrogen-bond donors (Lipinski definition) is 2. The van der Waals surface area contributed by atoms with E-state index in [0.29, 0.717) is 6.07 Å². The average molecular weight is 237 g/mol. The van der Waals surface area contributed by atoms with Crippen LogP contribution in [-0.4, -0.2) is 18.8 Å². The summed E-state index contributed by atoms with van der Waals surface area (Å²) in [6.07, 6.45) is -4.73. The second kappa shape index (κ2) is 4.80. The molecule has 0 bridgehead atoms. The van der Waals surface area contributed by atoms with Gasteiger partial charge in [-0.1, -0.05) is 6.07 Å². The van der Waals surface area contributed by atoms with Crippen molar-refractivity contribution in [3.63, 3.8) is 0 Å². The molecule has 1 aromatic rings. The van der Waals surface area contributed by atoms with Crippen molar-refractivity contribution in [2.24, 2.45) is 0 Å². The molecule has 0 saturated carbocycles. The molecular weight excluding hydrogens is 226 g/mol. The van der Waals surface area contributed by atoms with Crippen molar-refractivity contribution in [3.8, 4) is 0 Å². The van der Waals surface area contributed by atoms with Gasteiger partial charge in [-0.25, -0.2) is 4.39 Å². The standard InChI is InChI=1S/C10H11F4NO/c1-15-9(5-16)6-2-3-8(11)7(4-6)10(12,13)14/h2-4,9,15-16H,5H2,1H3/t9-/m0/s1. The zero-order valence-corrected chi connectivity index (χ0v) is 8.48. The number of aliphatic hydroxyl groups is 1. The van der Waals surface area contributed by atoms with Crippen LogP contribution in [-0.2, 0) is 6.18 Å². The fourth-order valence-corrected chi connectivity index (χ4v) is 1.34. The highest BCUT2D eigenvalue weighted by Gasteiger charge is 2.34. The van der Waals surface area contributed by atoms with Crippen LogP contribution in [0.5, 0.6) is 0 Å². The normalized spacial score (nSPS) is 13.9. The first-order chi connectivity index (χ1) is 7.40. The third kappa shape index (κ3) is 2.70. The maximum Gasteiger partial charge on any atom is 0.419 e. The second-order valence-electron chi connectivity index (χ2n) is 3.26. The van der Waals surface area contributed by atoms with Crippen molar-refractivity contribution in [1.82, 2.24) is 5.32 Å². The molecule has 0 aliphatic heterocycles. The predicted molar refractivity (Wildman–Crippen MR) is 50.3 cm³/mol. The molecule has 1 atom stereocenters. The maximum absolute atomic E-state index is 12.9. The number of hydrogen-bond acceptors (Lipinski definition) is 2. The Hall–Kier alpha value is -1.14. The third-order valence-corrected chi connectivity index (χ3v) is 2.23. The summed E-state index contributed by atoms with van der Waals surface area (Å²) in [4.78, 5) is 0. The first-order valence-corrected chi connectivity index (χ1v) is 4.55. The molecule has 90 valence electrons. The van der Waals surface area contributed by atoms with Crippen LogP contribution in [0, 0.1) is 5.82 Å². The van der Waals surface area contributed by atoms with Crippen LogP contribution in [0.15, 0.2) is 18.2 Å². The van der Waals surface area contributed by atoms with Gasteiger partial charge in [-0.15, -0.1) is 0 Å². The quantitative estimate of drug-likeness (QED) is 0.789. The van der Waals surface area contributed by atoms with E-state index in [0.717, 1.165) is 6.07 Å². The van der Waals surface area contributed by atoms with Crippen molar-refractivity contribution in [1.29, 1.82) is 0 Å². The molecule has 0 aliphatic rings. The Morgan fingerprint density at radius 2 is 2.00 bits per heavy atom. The van der Waals surface area contributed by atoms with Crippen LogP contribution in [0.3, 0.4) is 0 Å². The van der Waals surface area contributed by atoms with E-state index >= 15 is 0 Å². The Labute approximate surface area is 89.9 Å². The number of likely N-dealkylation sites (N-methyl/N-ethyl adjacent to an activating group) is 1. The van der Waals surface area contributed by atoms with Crippen molar-refractivity contribution >= 4 is 0 Å². The van der Waals surface area contributed by atoms with Crippen molar-refractivity contribution in [3.05, 3.63) is 35.1 Å². The number of halogens is 4. The maximum atomic E-state index is 12.9. The summed E-state index contributed by atoms with van der Waals surface area (Å²) in [6.45, 7) is -0.362. The Morgan fingerprint density at radius 3 is 2.44 bits per heavy atom. The average Bonchev–Trinajstić information content (AvgIpc) is 2.20. The molecule has 0 fully saturated rings. The zero-order chi connectivity index (χ0) is 12.3. The molecule has 0 heterocycles. The van der Waals surface area contributed by atoms with E-state index < -0.39 is 23.6 Å². The number of nitrogens with one attached hydrogen (secondary N) is 1. The monoisotopic (exact) mass is 237 g/mol. The van der Waals surface area contributed by atoms with E-state index in [4.69, 9.17) is 5.11 Å². The highest BCUT2D eigenvalue weighted by atomic mass is 19.4. The minimum Gasteiger partial charge on any atom is -0.394 e. The van der Waals surface area contributed by atoms with Gasteiger partial charge in [0.1, 0.15) is 5.82 Å². The van der Waals surface area contributed by atoms with Crippen molar-refractivity contribution in [2.75, 3.05) is 13.7 Å². The fraction of sp³-hybridized carbons (Fsp3) is 0.400. The second-order valence-corrected chi connectivity index (χ2v) is 3.26. The lowest BCUT2D eigenvalue weighted by atomic mass is 10.0. The molecule has 0 spiro atoms. The van der Waals surface area contributed by atoms with Gasteiger partial charge < -0.3 is 10.4 Å². The summed E-state index contributed by atoms with van der Waals surface area (Å²) >= 11 is 0. The van der Waals surface area contributed by atoms with E-state index in [9.17, 15) is 17.6 Å². The van der Waals surface area contributed by atoms with Crippen molar-refractivity contribution in [2.45, 2.75) is 12.2 Å². The van der Waals surface area contributed by atoms with E-state index in [-0.39, 0.29) is 12.2 Å². The van der Waals surface area contributed by atoms with Gasteiger partial charge in [0, 0.05) is 0 Å². The van der Waals surface area contributed by atoms with Gasteiger partial charge in [0.15, 0.2) is 0 Å². The molecule has 0 aliphatic carbocycles. The number of alkyl halides is 3. The lowest BCUT2D eigenvalue weighted by Crippen LogP contribution is -2.21. The van der Waals surface area contributed by atoms with Gasteiger partial charge >= 0.3 is 6.18 Å². The smallest absolute Gasteiger partial charge is 0.394 e. The van der Waals surface area contributed by atoms with Gasteiger partial charge in [0.25, 0.3) is 0 Å². The molecule has 0 saturated heterocycles. The van der Waals surface area contributed by atoms with E-state index in [2.05, 4.69) is 5.32 Å². The largest absolute Gasteiger partial charge is 0.419 e. The number of rotatable bonds is 3. The van der Waals surface area contributed by atoms with Crippen LogP contribution in [0.1, 0.15) is 17.2 Å². The lowest BCUT2D eigenvalue weighted by Gasteiger charge is -2.16. The molecule has 0 unspecified atom stereocenters. The Morgan fingerprint density at radius 1 is 1.38 bits per heavy atom. The lowest BCUT2D eigenvalue weighted by molar-refractivity contribution is -0.140. The summed E-state index contributed by atoms with van der Waals surface area (Å²) in [6, 6.07) is 2.02.